The molecule has 0 saturated carbocycles. The number of likely N-dealkylation sites (tertiary alicyclic amines) is 1. The number of ether oxygens (including phenoxy) is 5. The van der Waals surface area contributed by atoms with E-state index >= 15 is 0 Å². The Labute approximate surface area is 209 Å². The highest BCUT2D eigenvalue weighted by molar-refractivity contribution is 6.46. The third-order valence-corrected chi connectivity index (χ3v) is 6.58. The van der Waals surface area contributed by atoms with Crippen LogP contribution >= 0.6 is 0 Å². The molecule has 36 heavy (non-hydrogen) atoms. The summed E-state index contributed by atoms with van der Waals surface area (Å²) in [6, 6.07) is 9.38. The minimum atomic E-state index is -0.827. The molecule has 1 N–H and O–H groups in total. The van der Waals surface area contributed by atoms with E-state index in [0.29, 0.717) is 60.6 Å². The number of carbonyl (C=O) groups excluding carboxylic acids is 2. The molecule has 0 bridgehead atoms. The van der Waals surface area contributed by atoms with Gasteiger partial charge in [0, 0.05) is 18.7 Å². The number of aliphatic hydroxyl groups is 1. The smallest absolute Gasteiger partial charge is 0.295 e. The van der Waals surface area contributed by atoms with Crippen molar-refractivity contribution in [3.63, 3.8) is 0 Å². The van der Waals surface area contributed by atoms with E-state index in [1.54, 1.807) is 36.4 Å². The minimum absolute atomic E-state index is 0.000822. The number of carbonyl (C=O) groups is 2. The summed E-state index contributed by atoms with van der Waals surface area (Å²) in [5, 5.41) is 11.4. The lowest BCUT2D eigenvalue weighted by molar-refractivity contribution is -0.140. The summed E-state index contributed by atoms with van der Waals surface area (Å²) < 4.78 is 28.1. The SMILES string of the molecule is CCOc1ccc(C2C(=C(O)c3ccc4c(c3)OCCO4)C(=O)C(=O)N2CC2CCCO2)cc1OC. The van der Waals surface area contributed by atoms with Gasteiger partial charge in [-0.05, 0) is 55.7 Å². The van der Waals surface area contributed by atoms with Crippen LogP contribution in [0.4, 0.5) is 0 Å². The third kappa shape index (κ3) is 4.35. The molecule has 2 aromatic carbocycles. The molecule has 2 unspecified atom stereocenters. The number of nitrogens with zero attached hydrogens (tertiary/aromatic N) is 1. The number of rotatable bonds is 7. The van der Waals surface area contributed by atoms with Crippen molar-refractivity contribution in [3.8, 4) is 23.0 Å². The highest BCUT2D eigenvalue weighted by Crippen LogP contribution is 2.43. The highest BCUT2D eigenvalue weighted by atomic mass is 16.6. The number of Topliss-reactive ketones (excluding diaryl/α,β-unsaturated/α-hetero) is 1. The maximum absolute atomic E-state index is 13.3. The molecule has 2 aromatic rings. The fraction of sp³-hybridized carbons (Fsp3) is 0.407. The van der Waals surface area contributed by atoms with E-state index in [0.717, 1.165) is 12.8 Å². The Bertz CT molecular complexity index is 1200. The molecule has 0 aliphatic carbocycles. The van der Waals surface area contributed by atoms with Crippen LogP contribution in [0.15, 0.2) is 42.0 Å². The van der Waals surface area contributed by atoms with Crippen molar-refractivity contribution >= 4 is 17.4 Å². The second-order valence-corrected chi connectivity index (χ2v) is 8.79. The maximum Gasteiger partial charge on any atom is 0.295 e. The van der Waals surface area contributed by atoms with E-state index < -0.39 is 17.7 Å². The zero-order chi connectivity index (χ0) is 25.2. The van der Waals surface area contributed by atoms with Crippen molar-refractivity contribution in [3.05, 3.63) is 53.1 Å². The molecular weight excluding hydrogens is 466 g/mol. The molecule has 2 atom stereocenters. The van der Waals surface area contributed by atoms with Crippen molar-refractivity contribution in [2.75, 3.05) is 40.1 Å². The molecular formula is C27H29NO8. The molecule has 9 nitrogen and oxygen atoms in total. The van der Waals surface area contributed by atoms with Crippen molar-refractivity contribution in [2.45, 2.75) is 31.9 Å². The van der Waals surface area contributed by atoms with E-state index in [1.807, 2.05) is 6.92 Å². The first-order valence-corrected chi connectivity index (χ1v) is 12.1. The number of benzene rings is 2. The third-order valence-electron chi connectivity index (χ3n) is 6.58. The van der Waals surface area contributed by atoms with Crippen LogP contribution in [0.3, 0.4) is 0 Å². The summed E-state index contributed by atoms with van der Waals surface area (Å²) in [5.41, 5.74) is 0.977. The number of hydrogen-bond acceptors (Lipinski definition) is 8. The van der Waals surface area contributed by atoms with Crippen LogP contribution < -0.4 is 18.9 Å². The summed E-state index contributed by atoms with van der Waals surface area (Å²) >= 11 is 0. The van der Waals surface area contributed by atoms with E-state index in [9.17, 15) is 14.7 Å². The van der Waals surface area contributed by atoms with Gasteiger partial charge in [-0.3, -0.25) is 9.59 Å². The Kier molecular flexibility index (Phi) is 6.73. The lowest BCUT2D eigenvalue weighted by Gasteiger charge is -2.28. The molecule has 2 fully saturated rings. The van der Waals surface area contributed by atoms with E-state index in [-0.39, 0.29) is 24.0 Å². The quantitative estimate of drug-likeness (QED) is 0.354. The normalized spacial score (nSPS) is 22.7. The minimum Gasteiger partial charge on any atom is -0.507 e. The molecule has 0 radical (unpaired) electrons. The molecule has 2 saturated heterocycles. The van der Waals surface area contributed by atoms with Crippen LogP contribution in [0.25, 0.3) is 5.76 Å². The fourth-order valence-corrected chi connectivity index (χ4v) is 4.90. The number of ketones is 1. The predicted octanol–water partition coefficient (Wildman–Crippen LogP) is 3.47. The maximum atomic E-state index is 13.3. The first-order chi connectivity index (χ1) is 17.5. The number of aliphatic hydroxyl groups excluding tert-OH is 1. The number of hydrogen-bond donors (Lipinski definition) is 1. The topological polar surface area (TPSA) is 104 Å². The Morgan fingerprint density at radius 3 is 2.58 bits per heavy atom. The molecule has 0 spiro atoms. The van der Waals surface area contributed by atoms with E-state index in [4.69, 9.17) is 23.7 Å². The van der Waals surface area contributed by atoms with E-state index in [2.05, 4.69) is 0 Å². The monoisotopic (exact) mass is 495 g/mol. The van der Waals surface area contributed by atoms with Gasteiger partial charge in [-0.1, -0.05) is 6.07 Å². The van der Waals surface area contributed by atoms with Gasteiger partial charge in [0.25, 0.3) is 11.7 Å². The first-order valence-electron chi connectivity index (χ1n) is 12.1. The van der Waals surface area contributed by atoms with Gasteiger partial charge in [-0.15, -0.1) is 0 Å². The van der Waals surface area contributed by atoms with Crippen molar-refractivity contribution in [1.29, 1.82) is 0 Å². The van der Waals surface area contributed by atoms with Gasteiger partial charge in [0.15, 0.2) is 23.0 Å². The Hall–Kier alpha value is -3.72. The molecule has 3 aliphatic rings. The van der Waals surface area contributed by atoms with Crippen LogP contribution in [0.1, 0.15) is 36.9 Å². The number of amides is 1. The molecule has 190 valence electrons. The summed E-state index contributed by atoms with van der Waals surface area (Å²) in [6.07, 6.45) is 1.52. The molecule has 3 aliphatic heterocycles. The summed E-state index contributed by atoms with van der Waals surface area (Å²) in [4.78, 5) is 28.1. The van der Waals surface area contributed by atoms with Gasteiger partial charge < -0.3 is 33.7 Å². The van der Waals surface area contributed by atoms with Gasteiger partial charge in [-0.2, -0.15) is 0 Å². The van der Waals surface area contributed by atoms with Crippen molar-refractivity contribution in [1.82, 2.24) is 4.90 Å². The largest absolute Gasteiger partial charge is 0.507 e. The van der Waals surface area contributed by atoms with Gasteiger partial charge in [0.05, 0.1) is 31.4 Å². The van der Waals surface area contributed by atoms with Gasteiger partial charge >= 0.3 is 0 Å². The Balaban J connectivity index is 1.61. The second kappa shape index (κ2) is 10.1. The zero-order valence-corrected chi connectivity index (χ0v) is 20.3. The lowest BCUT2D eigenvalue weighted by atomic mass is 9.94. The van der Waals surface area contributed by atoms with Gasteiger partial charge in [0.1, 0.15) is 19.0 Å². The summed E-state index contributed by atoms with van der Waals surface area (Å²) in [5.74, 6) is 0.337. The highest BCUT2D eigenvalue weighted by Gasteiger charge is 2.47. The van der Waals surface area contributed by atoms with Crippen LogP contribution in [0.5, 0.6) is 23.0 Å². The lowest BCUT2D eigenvalue weighted by Crippen LogP contribution is -2.36. The van der Waals surface area contributed by atoms with Crippen molar-refractivity contribution < 1.29 is 38.4 Å². The Morgan fingerprint density at radius 2 is 1.86 bits per heavy atom. The first kappa shape index (κ1) is 24.0. The van der Waals surface area contributed by atoms with Crippen LogP contribution in [-0.2, 0) is 14.3 Å². The standard InChI is InChI=1S/C27H29NO8/c1-3-33-19-8-6-16(13-21(19)32-2)24-23(26(30)27(31)28(24)15-18-5-4-10-34-18)25(29)17-7-9-20-22(14-17)36-12-11-35-20/h6-9,13-14,18,24,29H,3-5,10-12,15H2,1-2H3. The zero-order valence-electron chi connectivity index (χ0n) is 20.3. The molecule has 5 rings (SSSR count). The fourth-order valence-electron chi connectivity index (χ4n) is 4.90. The van der Waals surface area contributed by atoms with Crippen LogP contribution in [-0.4, -0.2) is 67.9 Å². The van der Waals surface area contributed by atoms with Crippen LogP contribution in [0.2, 0.25) is 0 Å². The number of fused-ring (bicyclic) bond motifs is 1. The van der Waals surface area contributed by atoms with Gasteiger partial charge in [-0.25, -0.2) is 0 Å². The van der Waals surface area contributed by atoms with E-state index in [1.165, 1.54) is 12.0 Å². The predicted molar refractivity (Wildman–Crippen MR) is 130 cm³/mol. The molecule has 9 heteroatoms. The average Bonchev–Trinajstić information content (AvgIpc) is 3.51. The number of methoxy groups -OCH3 is 1. The second-order valence-electron chi connectivity index (χ2n) is 8.79. The van der Waals surface area contributed by atoms with Crippen LogP contribution in [0, 0.1) is 0 Å². The molecule has 1 amide bonds. The van der Waals surface area contributed by atoms with Crippen molar-refractivity contribution in [2.24, 2.45) is 0 Å². The molecule has 3 heterocycles. The van der Waals surface area contributed by atoms with Gasteiger partial charge in [0.2, 0.25) is 0 Å². The summed E-state index contributed by atoms with van der Waals surface area (Å²) in [7, 11) is 1.53. The summed E-state index contributed by atoms with van der Waals surface area (Å²) in [6.45, 7) is 4.01. The molecule has 0 aromatic heterocycles. The Morgan fingerprint density at radius 1 is 1.06 bits per heavy atom. The average molecular weight is 496 g/mol.